The smallest absolute Gasteiger partial charge is 0.0371 e. The first-order valence-electron chi connectivity index (χ1n) is 5.82. The number of hydrogen-bond donors (Lipinski definition) is 1. The normalized spacial score (nSPS) is 18.9. The third-order valence-electron chi connectivity index (χ3n) is 3.14. The molecule has 0 unspecified atom stereocenters. The van der Waals surface area contributed by atoms with Crippen LogP contribution < -0.4 is 5.43 Å². The maximum Gasteiger partial charge on any atom is 0.0371 e. The molecular weight excluding hydrogens is 200 g/mol. The van der Waals surface area contributed by atoms with Gasteiger partial charge in [0, 0.05) is 45.1 Å². The molecule has 2 rings (SSSR count). The summed E-state index contributed by atoms with van der Waals surface area (Å²) in [6.07, 6.45) is 3.78. The van der Waals surface area contributed by atoms with Crippen molar-refractivity contribution in [3.8, 4) is 0 Å². The predicted molar refractivity (Wildman–Crippen MR) is 64.9 cm³/mol. The van der Waals surface area contributed by atoms with E-state index >= 15 is 0 Å². The minimum atomic E-state index is 0.878. The summed E-state index contributed by atoms with van der Waals surface area (Å²) in [5, 5.41) is 2.30. The summed E-state index contributed by atoms with van der Waals surface area (Å²) in [5.74, 6) is 0. The Labute approximate surface area is 97.2 Å². The van der Waals surface area contributed by atoms with Gasteiger partial charge in [0.05, 0.1) is 0 Å². The summed E-state index contributed by atoms with van der Waals surface area (Å²) in [6.45, 7) is 7.47. The minimum absolute atomic E-state index is 0.878. The van der Waals surface area contributed by atoms with E-state index in [9.17, 15) is 0 Å². The van der Waals surface area contributed by atoms with E-state index in [2.05, 4.69) is 40.4 Å². The van der Waals surface area contributed by atoms with E-state index in [1.165, 1.54) is 11.1 Å². The monoisotopic (exact) mass is 220 g/mol. The predicted octanol–water partition coefficient (Wildman–Crippen LogP) is 0.642. The van der Waals surface area contributed by atoms with Crippen LogP contribution in [0, 0.1) is 6.92 Å². The Morgan fingerprint density at radius 3 is 2.75 bits per heavy atom. The molecule has 4 nitrogen and oxygen atoms in total. The van der Waals surface area contributed by atoms with Gasteiger partial charge in [-0.3, -0.25) is 10.4 Å². The minimum Gasteiger partial charge on any atom is -0.304 e. The highest BCUT2D eigenvalue weighted by atomic mass is 15.5. The molecule has 1 aliphatic heterocycles. The largest absolute Gasteiger partial charge is 0.304 e. The number of nitrogens with one attached hydrogen (secondary N) is 1. The summed E-state index contributed by atoms with van der Waals surface area (Å²) in [5.41, 5.74) is 6.05. The molecule has 0 bridgehead atoms. The molecule has 1 N–H and O–H groups in total. The maximum absolute atomic E-state index is 4.15. The molecule has 1 aromatic heterocycles. The van der Waals surface area contributed by atoms with Crippen molar-refractivity contribution < 1.29 is 0 Å². The summed E-state index contributed by atoms with van der Waals surface area (Å²) in [7, 11) is 2.17. The zero-order valence-electron chi connectivity index (χ0n) is 10.1. The molecule has 1 fully saturated rings. The van der Waals surface area contributed by atoms with Gasteiger partial charge in [-0.15, -0.1) is 0 Å². The Kier molecular flexibility index (Phi) is 3.88. The SMILES string of the molecule is Cc1ccncc1CNN1CCN(C)CC1. The second kappa shape index (κ2) is 5.39. The average molecular weight is 220 g/mol. The van der Waals surface area contributed by atoms with Gasteiger partial charge < -0.3 is 4.90 Å². The molecule has 0 saturated carbocycles. The van der Waals surface area contributed by atoms with E-state index in [-0.39, 0.29) is 0 Å². The van der Waals surface area contributed by atoms with Gasteiger partial charge in [0.2, 0.25) is 0 Å². The molecule has 0 atom stereocenters. The van der Waals surface area contributed by atoms with Crippen LogP contribution in [0.5, 0.6) is 0 Å². The lowest BCUT2D eigenvalue weighted by molar-refractivity contribution is 0.102. The van der Waals surface area contributed by atoms with Crippen molar-refractivity contribution in [2.45, 2.75) is 13.5 Å². The zero-order valence-corrected chi connectivity index (χ0v) is 10.1. The lowest BCUT2D eigenvalue weighted by Gasteiger charge is -2.32. The lowest BCUT2D eigenvalue weighted by atomic mass is 10.2. The number of rotatable bonds is 3. The Bertz CT molecular complexity index is 332. The van der Waals surface area contributed by atoms with Crippen molar-refractivity contribution in [2.24, 2.45) is 0 Å². The van der Waals surface area contributed by atoms with Crippen LogP contribution in [-0.2, 0) is 6.54 Å². The fourth-order valence-corrected chi connectivity index (χ4v) is 1.84. The Morgan fingerprint density at radius 1 is 1.31 bits per heavy atom. The summed E-state index contributed by atoms with van der Waals surface area (Å²) < 4.78 is 0. The molecular formula is C12H20N4. The Hall–Kier alpha value is -0.970. The average Bonchev–Trinajstić information content (AvgIpc) is 2.30. The molecule has 1 aliphatic rings. The third kappa shape index (κ3) is 3.01. The van der Waals surface area contributed by atoms with E-state index in [1.807, 2.05) is 12.4 Å². The second-order valence-electron chi connectivity index (χ2n) is 4.43. The molecule has 16 heavy (non-hydrogen) atoms. The number of likely N-dealkylation sites (N-methyl/N-ethyl adjacent to an activating group) is 1. The number of aryl methyl sites for hydroxylation is 1. The van der Waals surface area contributed by atoms with E-state index in [0.29, 0.717) is 0 Å². The van der Waals surface area contributed by atoms with Crippen molar-refractivity contribution in [3.63, 3.8) is 0 Å². The van der Waals surface area contributed by atoms with Crippen molar-refractivity contribution >= 4 is 0 Å². The van der Waals surface area contributed by atoms with Gasteiger partial charge in [-0.2, -0.15) is 0 Å². The van der Waals surface area contributed by atoms with E-state index in [4.69, 9.17) is 0 Å². The highest BCUT2D eigenvalue weighted by molar-refractivity contribution is 5.20. The van der Waals surface area contributed by atoms with Crippen LogP contribution >= 0.6 is 0 Å². The number of hydrogen-bond acceptors (Lipinski definition) is 4. The lowest BCUT2D eigenvalue weighted by Crippen LogP contribution is -2.50. The van der Waals surface area contributed by atoms with Gasteiger partial charge in [-0.1, -0.05) is 0 Å². The highest BCUT2D eigenvalue weighted by Gasteiger charge is 2.12. The number of nitrogens with zero attached hydrogens (tertiary/aromatic N) is 3. The molecule has 1 saturated heterocycles. The zero-order chi connectivity index (χ0) is 11.4. The topological polar surface area (TPSA) is 31.4 Å². The molecule has 0 radical (unpaired) electrons. The van der Waals surface area contributed by atoms with Gasteiger partial charge in [-0.05, 0) is 31.2 Å². The highest BCUT2D eigenvalue weighted by Crippen LogP contribution is 2.05. The second-order valence-corrected chi connectivity index (χ2v) is 4.43. The Balaban J connectivity index is 1.81. The molecule has 4 heteroatoms. The molecule has 2 heterocycles. The van der Waals surface area contributed by atoms with Crippen LogP contribution in [0.25, 0.3) is 0 Å². The molecule has 88 valence electrons. The first-order chi connectivity index (χ1) is 7.75. The summed E-state index contributed by atoms with van der Waals surface area (Å²) in [4.78, 5) is 6.51. The molecule has 0 aliphatic carbocycles. The van der Waals surface area contributed by atoms with Gasteiger partial charge in [0.25, 0.3) is 0 Å². The summed E-state index contributed by atoms with van der Waals surface area (Å²) in [6, 6.07) is 2.06. The van der Waals surface area contributed by atoms with Gasteiger partial charge in [-0.25, -0.2) is 5.01 Å². The third-order valence-corrected chi connectivity index (χ3v) is 3.14. The van der Waals surface area contributed by atoms with Crippen molar-refractivity contribution in [1.29, 1.82) is 0 Å². The van der Waals surface area contributed by atoms with E-state index in [0.717, 1.165) is 32.7 Å². The summed E-state index contributed by atoms with van der Waals surface area (Å²) >= 11 is 0. The standard InChI is InChI=1S/C12H20N4/c1-11-3-4-13-9-12(11)10-14-16-7-5-15(2)6-8-16/h3-4,9,14H,5-8,10H2,1-2H3. The van der Waals surface area contributed by atoms with E-state index in [1.54, 1.807) is 0 Å². The number of aromatic nitrogens is 1. The first-order valence-corrected chi connectivity index (χ1v) is 5.82. The quantitative estimate of drug-likeness (QED) is 0.810. The molecule has 0 aromatic carbocycles. The fraction of sp³-hybridized carbons (Fsp3) is 0.583. The van der Waals surface area contributed by atoms with Crippen molar-refractivity contribution in [1.82, 2.24) is 20.3 Å². The van der Waals surface area contributed by atoms with Crippen LogP contribution in [0.4, 0.5) is 0 Å². The van der Waals surface area contributed by atoms with Crippen molar-refractivity contribution in [2.75, 3.05) is 33.2 Å². The van der Waals surface area contributed by atoms with Crippen LogP contribution in [0.2, 0.25) is 0 Å². The number of pyridine rings is 1. The Morgan fingerprint density at radius 2 is 2.06 bits per heavy atom. The van der Waals surface area contributed by atoms with Crippen LogP contribution in [-0.4, -0.2) is 48.1 Å². The molecule has 0 spiro atoms. The first kappa shape index (κ1) is 11.5. The van der Waals surface area contributed by atoms with Crippen LogP contribution in [0.15, 0.2) is 18.5 Å². The van der Waals surface area contributed by atoms with E-state index < -0.39 is 0 Å². The molecule has 0 amide bonds. The van der Waals surface area contributed by atoms with Gasteiger partial charge in [0.1, 0.15) is 0 Å². The fourth-order valence-electron chi connectivity index (χ4n) is 1.84. The maximum atomic E-state index is 4.15. The van der Waals surface area contributed by atoms with Crippen LogP contribution in [0.1, 0.15) is 11.1 Å². The van der Waals surface area contributed by atoms with Crippen molar-refractivity contribution in [3.05, 3.63) is 29.6 Å². The number of piperazine rings is 1. The van der Waals surface area contributed by atoms with Crippen LogP contribution in [0.3, 0.4) is 0 Å². The van der Waals surface area contributed by atoms with Gasteiger partial charge >= 0.3 is 0 Å². The number of hydrazine groups is 1. The van der Waals surface area contributed by atoms with Gasteiger partial charge in [0.15, 0.2) is 0 Å². The molecule has 1 aromatic rings.